The summed E-state index contributed by atoms with van der Waals surface area (Å²) >= 11 is 0. The van der Waals surface area contributed by atoms with Gasteiger partial charge in [0, 0.05) is 11.7 Å². The van der Waals surface area contributed by atoms with Crippen LogP contribution in [0.4, 0.5) is 0 Å². The number of nitrogens with zero attached hydrogens (tertiary/aromatic N) is 3. The minimum absolute atomic E-state index is 0.158. The Labute approximate surface area is 118 Å². The van der Waals surface area contributed by atoms with Crippen molar-refractivity contribution < 1.29 is 9.53 Å². The third-order valence-electron chi connectivity index (χ3n) is 3.88. The summed E-state index contributed by atoms with van der Waals surface area (Å²) < 4.78 is 7.13. The van der Waals surface area contributed by atoms with Crippen LogP contribution in [-0.2, 0) is 20.5 Å². The number of rotatable bonds is 2. The second-order valence-electron chi connectivity index (χ2n) is 6.38. The molecule has 0 bridgehead atoms. The van der Waals surface area contributed by atoms with Crippen LogP contribution in [0.5, 0.6) is 0 Å². The van der Waals surface area contributed by atoms with E-state index in [1.54, 1.807) is 12.4 Å². The number of esters is 1. The van der Waals surface area contributed by atoms with Crippen LogP contribution in [-0.4, -0.2) is 27.6 Å². The Morgan fingerprint density at radius 3 is 2.65 bits per heavy atom. The molecule has 0 N–H and O–H groups in total. The molecule has 1 saturated carbocycles. The van der Waals surface area contributed by atoms with Gasteiger partial charge in [-0.05, 0) is 39.7 Å². The minimum Gasteiger partial charge on any atom is -0.468 e. The van der Waals surface area contributed by atoms with Crippen LogP contribution in [0.25, 0.3) is 11.0 Å². The standard InChI is InChI=1S/C15H19N3O2/c1-14(2,3)18-11-5-8-16-9-10(11)17-12(18)15(6-7-15)13(19)20-4/h5,8-9H,6-7H2,1-4H3. The molecule has 0 saturated heterocycles. The maximum absolute atomic E-state index is 12.2. The number of aromatic nitrogens is 3. The van der Waals surface area contributed by atoms with E-state index in [9.17, 15) is 4.79 Å². The molecule has 0 amide bonds. The fraction of sp³-hybridized carbons (Fsp3) is 0.533. The molecule has 1 aliphatic rings. The maximum atomic E-state index is 12.2. The fourth-order valence-electron chi connectivity index (χ4n) is 2.77. The van der Waals surface area contributed by atoms with Gasteiger partial charge in [0.05, 0.1) is 18.8 Å². The molecule has 2 heterocycles. The van der Waals surface area contributed by atoms with E-state index < -0.39 is 5.41 Å². The Hall–Kier alpha value is -1.91. The quantitative estimate of drug-likeness (QED) is 0.788. The summed E-state index contributed by atoms with van der Waals surface area (Å²) in [5, 5.41) is 0. The second kappa shape index (κ2) is 4.04. The van der Waals surface area contributed by atoms with Crippen LogP contribution in [0.2, 0.25) is 0 Å². The fourth-order valence-corrected chi connectivity index (χ4v) is 2.77. The minimum atomic E-state index is -0.568. The third kappa shape index (κ3) is 1.72. The summed E-state index contributed by atoms with van der Waals surface area (Å²) in [5.74, 6) is 0.617. The van der Waals surface area contributed by atoms with Crippen molar-refractivity contribution in [3.05, 3.63) is 24.3 Å². The van der Waals surface area contributed by atoms with Gasteiger partial charge in [0.25, 0.3) is 0 Å². The molecule has 1 fully saturated rings. The van der Waals surface area contributed by atoms with Crippen molar-refractivity contribution in [2.45, 2.75) is 44.6 Å². The first kappa shape index (κ1) is 13.1. The number of carbonyl (C=O) groups is 1. The van der Waals surface area contributed by atoms with Gasteiger partial charge < -0.3 is 9.30 Å². The lowest BCUT2D eigenvalue weighted by molar-refractivity contribution is -0.144. The summed E-state index contributed by atoms with van der Waals surface area (Å²) in [7, 11) is 1.44. The van der Waals surface area contributed by atoms with Crippen molar-refractivity contribution in [3.8, 4) is 0 Å². The van der Waals surface area contributed by atoms with Crippen LogP contribution in [0.1, 0.15) is 39.4 Å². The van der Waals surface area contributed by atoms with Crippen molar-refractivity contribution in [2.24, 2.45) is 0 Å². The summed E-state index contributed by atoms with van der Waals surface area (Å²) in [6, 6.07) is 1.95. The van der Waals surface area contributed by atoms with E-state index >= 15 is 0 Å². The molecular weight excluding hydrogens is 254 g/mol. The molecule has 20 heavy (non-hydrogen) atoms. The number of carbonyl (C=O) groups excluding carboxylic acids is 1. The highest BCUT2D eigenvalue weighted by Gasteiger charge is 2.56. The molecule has 1 aliphatic carbocycles. The zero-order valence-corrected chi connectivity index (χ0v) is 12.3. The van der Waals surface area contributed by atoms with Crippen LogP contribution < -0.4 is 0 Å². The van der Waals surface area contributed by atoms with Gasteiger partial charge in [-0.3, -0.25) is 9.78 Å². The van der Waals surface area contributed by atoms with Gasteiger partial charge in [0.1, 0.15) is 16.8 Å². The lowest BCUT2D eigenvalue weighted by Crippen LogP contribution is -2.32. The van der Waals surface area contributed by atoms with Crippen LogP contribution >= 0.6 is 0 Å². The van der Waals surface area contributed by atoms with Gasteiger partial charge in [0.15, 0.2) is 0 Å². The smallest absolute Gasteiger partial charge is 0.319 e. The number of fused-ring (bicyclic) bond motifs is 1. The SMILES string of the molecule is COC(=O)C1(c2nc3cnccc3n2C(C)(C)C)CC1. The number of ether oxygens (including phenoxy) is 1. The Morgan fingerprint density at radius 2 is 2.10 bits per heavy atom. The zero-order valence-electron chi connectivity index (χ0n) is 12.3. The van der Waals surface area contributed by atoms with Crippen molar-refractivity contribution in [2.75, 3.05) is 7.11 Å². The lowest BCUT2D eigenvalue weighted by Gasteiger charge is -2.27. The Balaban J connectivity index is 2.29. The molecule has 0 unspecified atom stereocenters. The largest absolute Gasteiger partial charge is 0.468 e. The zero-order chi connectivity index (χ0) is 14.5. The molecule has 0 aliphatic heterocycles. The van der Waals surface area contributed by atoms with Gasteiger partial charge in [-0.25, -0.2) is 4.98 Å². The molecule has 2 aromatic rings. The van der Waals surface area contributed by atoms with E-state index in [4.69, 9.17) is 4.74 Å². The normalized spacial score (nSPS) is 17.2. The summed E-state index contributed by atoms with van der Waals surface area (Å²) in [5.41, 5.74) is 1.11. The van der Waals surface area contributed by atoms with Gasteiger partial charge >= 0.3 is 5.97 Å². The molecule has 0 atom stereocenters. The van der Waals surface area contributed by atoms with Gasteiger partial charge in [-0.1, -0.05) is 0 Å². The third-order valence-corrected chi connectivity index (χ3v) is 3.88. The molecular formula is C15H19N3O2. The highest BCUT2D eigenvalue weighted by molar-refractivity contribution is 5.87. The van der Waals surface area contributed by atoms with E-state index in [0.717, 1.165) is 29.7 Å². The van der Waals surface area contributed by atoms with Crippen molar-refractivity contribution >= 4 is 17.0 Å². The molecule has 0 radical (unpaired) electrons. The number of hydrogen-bond acceptors (Lipinski definition) is 4. The topological polar surface area (TPSA) is 57.0 Å². The van der Waals surface area contributed by atoms with E-state index in [1.807, 2.05) is 6.07 Å². The van der Waals surface area contributed by atoms with Crippen molar-refractivity contribution in [3.63, 3.8) is 0 Å². The van der Waals surface area contributed by atoms with Crippen molar-refractivity contribution in [1.29, 1.82) is 0 Å². The number of hydrogen-bond donors (Lipinski definition) is 0. The van der Waals surface area contributed by atoms with Crippen molar-refractivity contribution in [1.82, 2.24) is 14.5 Å². The van der Waals surface area contributed by atoms with E-state index in [-0.39, 0.29) is 11.5 Å². The Morgan fingerprint density at radius 1 is 1.40 bits per heavy atom. The van der Waals surface area contributed by atoms with Crippen LogP contribution in [0.15, 0.2) is 18.5 Å². The monoisotopic (exact) mass is 273 g/mol. The Kier molecular flexibility index (Phi) is 2.64. The first-order valence-corrected chi connectivity index (χ1v) is 6.82. The summed E-state index contributed by atoms with van der Waals surface area (Å²) in [4.78, 5) is 21.0. The summed E-state index contributed by atoms with van der Waals surface area (Å²) in [6.45, 7) is 6.35. The highest BCUT2D eigenvalue weighted by Crippen LogP contribution is 2.50. The predicted molar refractivity (Wildman–Crippen MR) is 75.5 cm³/mol. The average Bonchev–Trinajstić information content (AvgIpc) is 3.10. The molecule has 106 valence electrons. The van der Waals surface area contributed by atoms with Gasteiger partial charge in [0.2, 0.25) is 0 Å². The highest BCUT2D eigenvalue weighted by atomic mass is 16.5. The van der Waals surface area contributed by atoms with Crippen LogP contribution in [0.3, 0.4) is 0 Å². The molecule has 5 heteroatoms. The molecule has 2 aromatic heterocycles. The van der Waals surface area contributed by atoms with E-state index in [1.165, 1.54) is 7.11 Å². The Bertz CT molecular complexity index is 678. The summed E-state index contributed by atoms with van der Waals surface area (Å²) in [6.07, 6.45) is 5.10. The number of methoxy groups -OCH3 is 1. The molecule has 0 spiro atoms. The van der Waals surface area contributed by atoms with Gasteiger partial charge in [-0.15, -0.1) is 0 Å². The first-order valence-electron chi connectivity index (χ1n) is 6.82. The average molecular weight is 273 g/mol. The second-order valence-corrected chi connectivity index (χ2v) is 6.38. The molecule has 5 nitrogen and oxygen atoms in total. The first-order chi connectivity index (χ1) is 9.40. The van der Waals surface area contributed by atoms with Gasteiger partial charge in [-0.2, -0.15) is 0 Å². The van der Waals surface area contributed by atoms with E-state index in [0.29, 0.717) is 0 Å². The van der Waals surface area contributed by atoms with E-state index in [2.05, 4.69) is 35.3 Å². The lowest BCUT2D eigenvalue weighted by atomic mass is 10.0. The number of imidazole rings is 1. The van der Waals surface area contributed by atoms with Crippen LogP contribution in [0, 0.1) is 0 Å². The predicted octanol–water partition coefficient (Wildman–Crippen LogP) is 2.39. The maximum Gasteiger partial charge on any atom is 0.319 e. The molecule has 0 aromatic carbocycles. The number of pyridine rings is 1. The molecule has 3 rings (SSSR count).